The molecule has 0 radical (unpaired) electrons. The Hall–Kier alpha value is -2.76. The van der Waals surface area contributed by atoms with Gasteiger partial charge in [0.25, 0.3) is 5.91 Å². The van der Waals surface area contributed by atoms with Gasteiger partial charge in [-0.2, -0.15) is 18.3 Å². The summed E-state index contributed by atoms with van der Waals surface area (Å²) in [7, 11) is 0. The summed E-state index contributed by atoms with van der Waals surface area (Å²) in [5, 5.41) is 8.40. The Morgan fingerprint density at radius 2 is 2.07 bits per heavy atom. The van der Waals surface area contributed by atoms with Crippen molar-refractivity contribution < 1.29 is 22.7 Å². The van der Waals surface area contributed by atoms with Gasteiger partial charge in [-0.05, 0) is 5.56 Å². The van der Waals surface area contributed by atoms with E-state index >= 15 is 0 Å². The zero-order valence-electron chi connectivity index (χ0n) is 14.9. The molecule has 29 heavy (non-hydrogen) atoms. The van der Waals surface area contributed by atoms with E-state index in [0.29, 0.717) is 18.7 Å². The molecular weight excluding hydrogens is 407 g/mol. The Balaban J connectivity index is 1.66. The second-order valence-corrected chi connectivity index (χ2v) is 7.24. The second kappa shape index (κ2) is 7.58. The number of halogens is 3. The maximum Gasteiger partial charge on any atom is 0.434 e. The van der Waals surface area contributed by atoms with Crippen LogP contribution in [0, 0.1) is 0 Å². The van der Waals surface area contributed by atoms with Crippen LogP contribution in [0.5, 0.6) is 0 Å². The predicted molar refractivity (Wildman–Crippen MR) is 99.8 cm³/mol. The molecule has 0 aliphatic carbocycles. The van der Waals surface area contributed by atoms with E-state index in [1.54, 1.807) is 12.1 Å². The zero-order chi connectivity index (χ0) is 20.6. The van der Waals surface area contributed by atoms with E-state index in [9.17, 15) is 18.0 Å². The second-order valence-electron chi connectivity index (χ2n) is 6.40. The average Bonchev–Trinajstić information content (AvgIpc) is 3.36. The van der Waals surface area contributed by atoms with Crippen LogP contribution in [-0.2, 0) is 10.9 Å². The first kappa shape index (κ1) is 19.6. The molecule has 3 N–H and O–H groups in total. The number of thiazole rings is 1. The van der Waals surface area contributed by atoms with E-state index in [0.717, 1.165) is 33.5 Å². The highest BCUT2D eigenvalue weighted by Crippen LogP contribution is 2.32. The first-order valence-corrected chi connectivity index (χ1v) is 9.56. The summed E-state index contributed by atoms with van der Waals surface area (Å²) in [4.78, 5) is 15.4. The number of alkyl halides is 3. The molecule has 0 saturated carbocycles. The molecule has 11 heteroatoms. The molecule has 1 atom stereocenters. The maximum atomic E-state index is 12.8. The van der Waals surface area contributed by atoms with Crippen molar-refractivity contribution >= 4 is 17.2 Å². The van der Waals surface area contributed by atoms with Crippen molar-refractivity contribution in [3.05, 3.63) is 52.7 Å². The number of ether oxygens (including phenoxy) is 1. The summed E-state index contributed by atoms with van der Waals surface area (Å²) in [6.07, 6.45) is -3.33. The summed E-state index contributed by atoms with van der Waals surface area (Å²) in [5.41, 5.74) is 6.38. The topological polar surface area (TPSA) is 95.1 Å². The molecule has 1 unspecified atom stereocenters. The number of carbonyl (C=O) groups excluding carboxylic acids is 1. The van der Waals surface area contributed by atoms with Crippen LogP contribution in [0.1, 0.15) is 27.7 Å². The van der Waals surface area contributed by atoms with Gasteiger partial charge in [-0.15, -0.1) is 11.3 Å². The average molecular weight is 423 g/mol. The summed E-state index contributed by atoms with van der Waals surface area (Å²) in [5.74, 6) is -0.734. The number of hydrogen-bond acceptors (Lipinski definition) is 6. The van der Waals surface area contributed by atoms with Crippen LogP contribution in [0.15, 0.2) is 35.8 Å². The molecule has 0 bridgehead atoms. The van der Waals surface area contributed by atoms with E-state index in [1.165, 1.54) is 6.20 Å². The van der Waals surface area contributed by atoms with Gasteiger partial charge in [-0.25, -0.2) is 9.67 Å². The Kier molecular flexibility index (Phi) is 5.11. The van der Waals surface area contributed by atoms with Crippen molar-refractivity contribution in [3.8, 4) is 16.4 Å². The third kappa shape index (κ3) is 4.02. The molecule has 1 amide bonds. The van der Waals surface area contributed by atoms with Crippen LogP contribution >= 0.6 is 11.3 Å². The zero-order valence-corrected chi connectivity index (χ0v) is 15.8. The van der Waals surface area contributed by atoms with Crippen molar-refractivity contribution in [2.45, 2.75) is 12.3 Å². The van der Waals surface area contributed by atoms with Gasteiger partial charge in [0.1, 0.15) is 5.69 Å². The number of hydrogen-bond donors (Lipinski definition) is 2. The first-order valence-electron chi connectivity index (χ1n) is 8.68. The molecule has 1 aromatic carbocycles. The smallest absolute Gasteiger partial charge is 0.371 e. The van der Waals surface area contributed by atoms with Gasteiger partial charge in [0.2, 0.25) is 5.13 Å². The number of benzene rings is 1. The standard InChI is InChI=1S/C18H16F3N5O2S/c19-18(20,21)14-9-29-17(24-14)26-8-12(16(22)27)15(25-26)11-3-1-10(2-4-11)13-7-23-5-6-28-13/h1-4,8-9,13,23H,5-7H2,(H2,22,27). The number of morpholine rings is 1. The normalized spacial score (nSPS) is 17.4. The molecule has 1 aliphatic heterocycles. The fourth-order valence-corrected chi connectivity index (χ4v) is 3.76. The third-order valence-electron chi connectivity index (χ3n) is 4.44. The van der Waals surface area contributed by atoms with Crippen molar-refractivity contribution in [1.29, 1.82) is 0 Å². The van der Waals surface area contributed by atoms with Gasteiger partial charge in [-0.1, -0.05) is 24.3 Å². The lowest BCUT2D eigenvalue weighted by Crippen LogP contribution is -2.33. The Morgan fingerprint density at radius 3 is 2.66 bits per heavy atom. The Labute approximate surface area is 167 Å². The van der Waals surface area contributed by atoms with Crippen LogP contribution in [0.2, 0.25) is 0 Å². The summed E-state index contributed by atoms with van der Waals surface area (Å²) in [6, 6.07) is 7.27. The van der Waals surface area contributed by atoms with Gasteiger partial charge in [-0.3, -0.25) is 4.79 Å². The molecule has 1 aliphatic rings. The number of rotatable bonds is 4. The highest BCUT2D eigenvalue weighted by molar-refractivity contribution is 7.12. The predicted octanol–water partition coefficient (Wildman–Crippen LogP) is 2.77. The number of nitrogens with zero attached hydrogens (tertiary/aromatic N) is 3. The minimum Gasteiger partial charge on any atom is -0.371 e. The SMILES string of the molecule is NC(=O)c1cn(-c2nc(C(F)(F)F)cs2)nc1-c1ccc(C2CNCCO2)cc1. The van der Waals surface area contributed by atoms with Crippen molar-refractivity contribution in [2.24, 2.45) is 5.73 Å². The number of nitrogens with one attached hydrogen (secondary N) is 1. The molecular formula is C18H16F3N5O2S. The van der Waals surface area contributed by atoms with E-state index < -0.39 is 17.8 Å². The molecule has 7 nitrogen and oxygen atoms in total. The lowest BCUT2D eigenvalue weighted by atomic mass is 10.0. The molecule has 3 heterocycles. The van der Waals surface area contributed by atoms with E-state index in [4.69, 9.17) is 10.5 Å². The van der Waals surface area contributed by atoms with Crippen molar-refractivity contribution in [1.82, 2.24) is 20.1 Å². The quantitative estimate of drug-likeness (QED) is 0.673. The molecule has 2 aromatic heterocycles. The lowest BCUT2D eigenvalue weighted by Gasteiger charge is -2.24. The highest BCUT2D eigenvalue weighted by Gasteiger charge is 2.34. The van der Waals surface area contributed by atoms with E-state index in [1.807, 2.05) is 12.1 Å². The number of carbonyl (C=O) groups is 1. The molecule has 4 rings (SSSR count). The minimum atomic E-state index is -4.55. The van der Waals surface area contributed by atoms with Gasteiger partial charge in [0, 0.05) is 30.2 Å². The monoisotopic (exact) mass is 423 g/mol. The van der Waals surface area contributed by atoms with E-state index in [2.05, 4.69) is 15.4 Å². The number of primary amides is 1. The fourth-order valence-electron chi connectivity index (χ4n) is 3.00. The van der Waals surface area contributed by atoms with Gasteiger partial charge < -0.3 is 15.8 Å². The number of amides is 1. The van der Waals surface area contributed by atoms with E-state index in [-0.39, 0.29) is 22.5 Å². The van der Waals surface area contributed by atoms with Gasteiger partial charge >= 0.3 is 6.18 Å². The summed E-state index contributed by atoms with van der Waals surface area (Å²) >= 11 is 0.773. The van der Waals surface area contributed by atoms with Crippen LogP contribution in [0.25, 0.3) is 16.4 Å². The Bertz CT molecular complexity index is 1020. The molecule has 152 valence electrons. The third-order valence-corrected chi connectivity index (χ3v) is 5.27. The molecule has 0 spiro atoms. The van der Waals surface area contributed by atoms with Crippen LogP contribution in [0.4, 0.5) is 13.2 Å². The number of nitrogens with two attached hydrogens (primary N) is 1. The summed E-state index contributed by atoms with van der Waals surface area (Å²) in [6.45, 7) is 2.13. The summed E-state index contributed by atoms with van der Waals surface area (Å²) < 4.78 is 45.3. The van der Waals surface area contributed by atoms with Crippen molar-refractivity contribution in [3.63, 3.8) is 0 Å². The first-order chi connectivity index (χ1) is 13.8. The fraction of sp³-hybridized carbons (Fsp3) is 0.278. The van der Waals surface area contributed by atoms with Gasteiger partial charge in [0.15, 0.2) is 5.69 Å². The molecule has 1 saturated heterocycles. The van der Waals surface area contributed by atoms with Gasteiger partial charge in [0.05, 0.1) is 18.3 Å². The lowest BCUT2D eigenvalue weighted by molar-refractivity contribution is -0.140. The minimum absolute atomic E-state index is 0.00984. The van der Waals surface area contributed by atoms with Crippen LogP contribution in [-0.4, -0.2) is 40.4 Å². The maximum absolute atomic E-state index is 12.8. The molecule has 3 aromatic rings. The van der Waals surface area contributed by atoms with Crippen molar-refractivity contribution in [2.75, 3.05) is 19.7 Å². The van der Waals surface area contributed by atoms with Crippen LogP contribution in [0.3, 0.4) is 0 Å². The Morgan fingerprint density at radius 1 is 1.31 bits per heavy atom. The number of aromatic nitrogens is 3. The van der Waals surface area contributed by atoms with Crippen LogP contribution < -0.4 is 11.1 Å². The molecule has 1 fully saturated rings. The highest BCUT2D eigenvalue weighted by atomic mass is 32.1. The largest absolute Gasteiger partial charge is 0.434 e.